The molecule has 0 saturated heterocycles. The lowest BCUT2D eigenvalue weighted by atomic mass is 9.82. The van der Waals surface area contributed by atoms with Crippen LogP contribution in [0.15, 0.2) is 42.5 Å². The molecule has 0 unspecified atom stereocenters. The molecule has 0 aliphatic heterocycles. The minimum Gasteiger partial charge on any atom is -0.493 e. The van der Waals surface area contributed by atoms with E-state index in [1.165, 1.54) is 31.0 Å². The summed E-state index contributed by atoms with van der Waals surface area (Å²) in [6.07, 6.45) is 14.5. The molecule has 2 aromatic carbocycles. The number of rotatable bonds is 14. The monoisotopic (exact) mass is 547 g/mol. The van der Waals surface area contributed by atoms with Gasteiger partial charge < -0.3 is 24.4 Å². The fourth-order valence-corrected chi connectivity index (χ4v) is 5.84. The Balaban J connectivity index is 1.17. The molecule has 0 radical (unpaired) electrons. The Labute approximate surface area is 239 Å². The summed E-state index contributed by atoms with van der Waals surface area (Å²) in [4.78, 5) is 23.7. The molecule has 0 bridgehead atoms. The van der Waals surface area contributed by atoms with Gasteiger partial charge in [-0.3, -0.25) is 4.79 Å². The lowest BCUT2D eigenvalue weighted by Gasteiger charge is -2.27. The van der Waals surface area contributed by atoms with E-state index >= 15 is 0 Å². The molecule has 0 amide bonds. The zero-order valence-corrected chi connectivity index (χ0v) is 23.9. The molecule has 6 nitrogen and oxygen atoms in total. The van der Waals surface area contributed by atoms with E-state index in [-0.39, 0.29) is 17.8 Å². The summed E-state index contributed by atoms with van der Waals surface area (Å²) in [5.74, 6) is 2.94. The van der Waals surface area contributed by atoms with Crippen LogP contribution in [0.25, 0.3) is 0 Å². The van der Waals surface area contributed by atoms with E-state index in [1.807, 2.05) is 30.3 Å². The van der Waals surface area contributed by atoms with Crippen molar-refractivity contribution in [2.24, 2.45) is 23.7 Å². The number of carbonyl (C=O) groups excluding carboxylic acids is 2. The van der Waals surface area contributed by atoms with Crippen LogP contribution in [0.4, 0.5) is 0 Å². The average Bonchev–Trinajstić information content (AvgIpc) is 3.00. The largest absolute Gasteiger partial charge is 0.493 e. The van der Waals surface area contributed by atoms with E-state index in [2.05, 4.69) is 19.1 Å². The second kappa shape index (κ2) is 15.6. The van der Waals surface area contributed by atoms with Gasteiger partial charge in [-0.15, -0.1) is 0 Å². The van der Waals surface area contributed by atoms with Crippen molar-refractivity contribution >= 4 is 18.5 Å². The minimum absolute atomic E-state index is 0.0603. The van der Waals surface area contributed by atoms with E-state index in [1.54, 1.807) is 0 Å². The molecule has 2 aliphatic rings. The summed E-state index contributed by atoms with van der Waals surface area (Å²) >= 11 is 0. The van der Waals surface area contributed by atoms with Gasteiger partial charge in [-0.1, -0.05) is 31.9 Å². The highest BCUT2D eigenvalue weighted by Crippen LogP contribution is 2.32. The molecular weight excluding hydrogens is 502 g/mol. The molecule has 6 heteroatoms. The molecule has 0 spiro atoms. The van der Waals surface area contributed by atoms with Crippen LogP contribution >= 0.6 is 0 Å². The van der Waals surface area contributed by atoms with Crippen LogP contribution < -0.4 is 14.2 Å². The molecule has 216 valence electrons. The van der Waals surface area contributed by atoms with Gasteiger partial charge in [0.05, 0.1) is 19.1 Å². The number of carbonyl (C=O) groups is 2. The summed E-state index contributed by atoms with van der Waals surface area (Å²) in [7, 11) is 0. The Hall–Kier alpha value is -3.15. The van der Waals surface area contributed by atoms with Crippen LogP contribution in [-0.4, -0.2) is 31.7 Å². The maximum Gasteiger partial charge on any atom is 0.314 e. The molecule has 1 N–H and O–H groups in total. The van der Waals surface area contributed by atoms with Crippen molar-refractivity contribution in [2.75, 3.05) is 13.2 Å². The number of benzene rings is 2. The van der Waals surface area contributed by atoms with Crippen LogP contribution in [-0.2, 0) is 16.0 Å². The van der Waals surface area contributed by atoms with E-state index in [9.17, 15) is 9.59 Å². The molecule has 2 saturated carbocycles. The molecule has 0 heterocycles. The van der Waals surface area contributed by atoms with E-state index in [0.717, 1.165) is 69.8 Å². The van der Waals surface area contributed by atoms with Gasteiger partial charge in [-0.2, -0.15) is 0 Å². The van der Waals surface area contributed by atoms with Crippen molar-refractivity contribution in [1.82, 2.24) is 0 Å². The first-order valence-electron chi connectivity index (χ1n) is 15.2. The van der Waals surface area contributed by atoms with E-state index in [4.69, 9.17) is 19.6 Å². The number of unbranched alkanes of at least 4 members (excludes halogenated alkanes) is 2. The molecule has 0 atom stereocenters. The first kappa shape index (κ1) is 29.8. The maximum atomic E-state index is 12.7. The summed E-state index contributed by atoms with van der Waals surface area (Å²) in [5, 5.41) is 7.83. The number of esters is 1. The highest BCUT2D eigenvalue weighted by molar-refractivity contribution is 5.82. The Morgan fingerprint density at radius 3 is 2.15 bits per heavy atom. The minimum atomic E-state index is -0.124. The highest BCUT2D eigenvalue weighted by atomic mass is 16.5. The summed E-state index contributed by atoms with van der Waals surface area (Å²) in [5.41, 5.74) is 2.00. The Morgan fingerprint density at radius 1 is 0.850 bits per heavy atom. The molecule has 40 heavy (non-hydrogen) atoms. The average molecular weight is 548 g/mol. The number of nitrogens with one attached hydrogen (secondary N) is 1. The van der Waals surface area contributed by atoms with Crippen molar-refractivity contribution in [3.8, 4) is 17.2 Å². The standard InChI is InChI=1S/C34H45NO5/c1-2-3-4-5-25-12-16-31(17-13-25)40-34(37)29-14-10-28(11-15-29)23-38-32-18-19-33(30(20-32)21-35)39-24-27-8-6-26(22-36)7-9-27/h12-13,16-22,26-29,35H,2-11,14-15,23-24H2,1H3. The van der Waals surface area contributed by atoms with Crippen LogP contribution in [0.5, 0.6) is 17.2 Å². The summed E-state index contributed by atoms with van der Waals surface area (Å²) < 4.78 is 17.8. The van der Waals surface area contributed by atoms with Crippen molar-refractivity contribution in [1.29, 1.82) is 5.41 Å². The molecule has 4 rings (SSSR count). The summed E-state index contributed by atoms with van der Waals surface area (Å²) in [6.45, 7) is 3.42. The van der Waals surface area contributed by atoms with Crippen LogP contribution in [0.2, 0.25) is 0 Å². The molecular formula is C34H45NO5. The molecule has 2 fully saturated rings. The van der Waals surface area contributed by atoms with Crippen LogP contribution in [0.1, 0.15) is 88.7 Å². The van der Waals surface area contributed by atoms with Gasteiger partial charge in [0.1, 0.15) is 23.5 Å². The topological polar surface area (TPSA) is 85.7 Å². The van der Waals surface area contributed by atoms with Crippen molar-refractivity contribution in [3.63, 3.8) is 0 Å². The third kappa shape index (κ3) is 8.94. The third-order valence-corrected chi connectivity index (χ3v) is 8.57. The van der Waals surface area contributed by atoms with Crippen LogP contribution in [0.3, 0.4) is 0 Å². The molecule has 2 aliphatic carbocycles. The number of aldehydes is 1. The van der Waals surface area contributed by atoms with Crippen molar-refractivity contribution in [3.05, 3.63) is 53.6 Å². The number of ether oxygens (including phenoxy) is 3. The number of hydrogen-bond donors (Lipinski definition) is 1. The van der Waals surface area contributed by atoms with Gasteiger partial charge in [0.15, 0.2) is 0 Å². The van der Waals surface area contributed by atoms with Gasteiger partial charge >= 0.3 is 5.97 Å². The normalized spacial score (nSPS) is 22.7. The van der Waals surface area contributed by atoms with Crippen LogP contribution in [0, 0.1) is 29.1 Å². The van der Waals surface area contributed by atoms with Crippen molar-refractivity contribution in [2.45, 2.75) is 84.0 Å². The Bertz CT molecular complexity index is 1080. The fraction of sp³-hybridized carbons (Fsp3) is 0.559. The zero-order chi connectivity index (χ0) is 28.2. The summed E-state index contributed by atoms with van der Waals surface area (Å²) in [6, 6.07) is 13.6. The second-order valence-electron chi connectivity index (χ2n) is 11.6. The predicted molar refractivity (Wildman–Crippen MR) is 158 cm³/mol. The third-order valence-electron chi connectivity index (χ3n) is 8.57. The maximum absolute atomic E-state index is 12.7. The van der Waals surface area contributed by atoms with Gasteiger partial charge in [-0.25, -0.2) is 0 Å². The van der Waals surface area contributed by atoms with Crippen molar-refractivity contribution < 1.29 is 23.8 Å². The van der Waals surface area contributed by atoms with Gasteiger partial charge in [0, 0.05) is 17.7 Å². The molecule has 2 aromatic rings. The number of hydrogen-bond acceptors (Lipinski definition) is 6. The Kier molecular flexibility index (Phi) is 11.6. The zero-order valence-electron chi connectivity index (χ0n) is 23.9. The van der Waals surface area contributed by atoms with Gasteiger partial charge in [0.2, 0.25) is 0 Å². The lowest BCUT2D eigenvalue weighted by Crippen LogP contribution is -2.27. The SMILES string of the molecule is CCCCCc1ccc(OC(=O)C2CCC(COc3ccc(OCC4CCC(C=O)CC4)c(C=N)c3)CC2)cc1. The molecule has 0 aromatic heterocycles. The van der Waals surface area contributed by atoms with E-state index < -0.39 is 0 Å². The predicted octanol–water partition coefficient (Wildman–Crippen LogP) is 7.59. The van der Waals surface area contributed by atoms with Gasteiger partial charge in [0.25, 0.3) is 0 Å². The highest BCUT2D eigenvalue weighted by Gasteiger charge is 2.28. The quantitative estimate of drug-likeness (QED) is 0.0866. The second-order valence-corrected chi connectivity index (χ2v) is 11.6. The van der Waals surface area contributed by atoms with Gasteiger partial charge in [-0.05, 0) is 112 Å². The smallest absolute Gasteiger partial charge is 0.314 e. The Morgan fingerprint density at radius 2 is 1.50 bits per heavy atom. The first-order chi connectivity index (χ1) is 19.6. The lowest BCUT2D eigenvalue weighted by molar-refractivity contribution is -0.140. The first-order valence-corrected chi connectivity index (χ1v) is 15.2. The number of aryl methyl sites for hydroxylation is 1. The fourth-order valence-electron chi connectivity index (χ4n) is 5.84. The van der Waals surface area contributed by atoms with E-state index in [0.29, 0.717) is 42.1 Å².